The molecule has 134 valence electrons. The van der Waals surface area contributed by atoms with E-state index in [1.165, 1.54) is 12.7 Å². The highest BCUT2D eigenvalue weighted by molar-refractivity contribution is 6.42. The molecule has 0 unspecified atom stereocenters. The molecule has 2 aromatic carbocycles. The summed E-state index contributed by atoms with van der Waals surface area (Å²) < 4.78 is 1.55. The van der Waals surface area contributed by atoms with Crippen LogP contribution in [-0.2, 0) is 0 Å². The number of hydrogen-bond donors (Lipinski definition) is 1. The van der Waals surface area contributed by atoms with E-state index in [0.29, 0.717) is 26.8 Å². The highest BCUT2D eigenvalue weighted by Crippen LogP contribution is 2.33. The van der Waals surface area contributed by atoms with Crippen LogP contribution in [0.2, 0.25) is 10.0 Å². The van der Waals surface area contributed by atoms with Crippen LogP contribution in [0.1, 0.15) is 0 Å². The Morgan fingerprint density at radius 2 is 1.85 bits per heavy atom. The number of hydrogen-bond acceptors (Lipinski definition) is 6. The fourth-order valence-corrected chi connectivity index (χ4v) is 2.94. The van der Waals surface area contributed by atoms with Crippen LogP contribution in [0.15, 0.2) is 55.1 Å². The minimum absolute atomic E-state index is 0.0289. The Morgan fingerprint density at radius 1 is 1.04 bits per heavy atom. The van der Waals surface area contributed by atoms with Crippen molar-refractivity contribution in [1.29, 1.82) is 0 Å². The van der Waals surface area contributed by atoms with Gasteiger partial charge in [0.1, 0.15) is 12.7 Å². The molecule has 0 spiro atoms. The van der Waals surface area contributed by atoms with Crippen LogP contribution >= 0.6 is 23.2 Å². The summed E-state index contributed by atoms with van der Waals surface area (Å²) in [6.45, 7) is 0. The lowest BCUT2D eigenvalue weighted by atomic mass is 10.3. The topological polar surface area (TPSA) is 98.8 Å². The van der Waals surface area contributed by atoms with E-state index >= 15 is 0 Å². The van der Waals surface area contributed by atoms with Crippen LogP contribution in [-0.4, -0.2) is 24.4 Å². The van der Waals surface area contributed by atoms with Gasteiger partial charge in [-0.1, -0.05) is 35.3 Å². The second-order valence-electron chi connectivity index (χ2n) is 5.51. The van der Waals surface area contributed by atoms with Gasteiger partial charge >= 0.3 is 5.69 Å². The molecular formula is C17H10Cl2N6O2. The first-order valence-electron chi connectivity index (χ1n) is 7.68. The van der Waals surface area contributed by atoms with Crippen molar-refractivity contribution in [2.75, 3.05) is 5.32 Å². The minimum Gasteiger partial charge on any atom is -0.334 e. The van der Waals surface area contributed by atoms with Crippen LogP contribution in [0.5, 0.6) is 0 Å². The highest BCUT2D eigenvalue weighted by atomic mass is 35.5. The van der Waals surface area contributed by atoms with Crippen molar-refractivity contribution < 1.29 is 4.92 Å². The van der Waals surface area contributed by atoms with E-state index in [1.54, 1.807) is 28.8 Å². The van der Waals surface area contributed by atoms with Crippen molar-refractivity contribution in [2.45, 2.75) is 0 Å². The molecule has 8 nitrogen and oxygen atoms in total. The van der Waals surface area contributed by atoms with Gasteiger partial charge in [-0.05, 0) is 30.3 Å². The number of benzene rings is 2. The van der Waals surface area contributed by atoms with E-state index in [9.17, 15) is 10.1 Å². The predicted octanol–water partition coefficient (Wildman–Crippen LogP) is 4.77. The maximum Gasteiger partial charge on any atom is 0.354 e. The zero-order valence-electron chi connectivity index (χ0n) is 13.5. The van der Waals surface area contributed by atoms with Crippen molar-refractivity contribution in [2.24, 2.45) is 0 Å². The smallest absolute Gasteiger partial charge is 0.334 e. The fourth-order valence-electron chi connectivity index (χ4n) is 2.64. The van der Waals surface area contributed by atoms with Gasteiger partial charge in [0.2, 0.25) is 11.6 Å². The molecule has 0 fully saturated rings. The van der Waals surface area contributed by atoms with Crippen molar-refractivity contribution in [3.63, 3.8) is 0 Å². The number of para-hydroxylation sites is 2. The molecule has 0 saturated carbocycles. The van der Waals surface area contributed by atoms with Crippen LogP contribution in [0.3, 0.4) is 0 Å². The van der Waals surface area contributed by atoms with E-state index in [0.717, 1.165) is 0 Å². The zero-order chi connectivity index (χ0) is 19.0. The summed E-state index contributed by atoms with van der Waals surface area (Å²) in [6.07, 6.45) is 2.74. The number of fused-ring (bicyclic) bond motifs is 1. The van der Waals surface area contributed by atoms with Gasteiger partial charge in [-0.3, -0.25) is 14.7 Å². The Kier molecular flexibility index (Phi) is 4.35. The number of rotatable bonds is 4. The molecule has 0 radical (unpaired) electrons. The van der Waals surface area contributed by atoms with E-state index in [4.69, 9.17) is 23.2 Å². The van der Waals surface area contributed by atoms with E-state index in [1.807, 2.05) is 18.2 Å². The number of anilines is 2. The summed E-state index contributed by atoms with van der Waals surface area (Å²) in [5, 5.41) is 15.4. The molecule has 0 aliphatic heterocycles. The number of halogens is 2. The summed E-state index contributed by atoms with van der Waals surface area (Å²) in [4.78, 5) is 23.6. The summed E-state index contributed by atoms with van der Waals surface area (Å²) in [7, 11) is 0. The molecule has 2 aromatic heterocycles. The maximum atomic E-state index is 11.8. The molecule has 4 rings (SSSR count). The Bertz CT molecular complexity index is 1180. The van der Waals surface area contributed by atoms with Crippen LogP contribution in [0.4, 0.5) is 17.2 Å². The number of imidazole rings is 1. The minimum atomic E-state index is -0.538. The second kappa shape index (κ2) is 6.82. The van der Waals surface area contributed by atoms with Gasteiger partial charge in [0.25, 0.3) is 0 Å². The third-order valence-corrected chi connectivity index (χ3v) is 4.59. The number of aromatic nitrogens is 4. The Morgan fingerprint density at radius 3 is 2.63 bits per heavy atom. The first kappa shape index (κ1) is 17.2. The molecule has 1 N–H and O–H groups in total. The summed E-state index contributed by atoms with van der Waals surface area (Å²) in [6, 6.07) is 12.1. The van der Waals surface area contributed by atoms with Crippen molar-refractivity contribution in [1.82, 2.24) is 19.5 Å². The lowest BCUT2D eigenvalue weighted by Gasteiger charge is -2.10. The van der Waals surface area contributed by atoms with Gasteiger partial charge in [0.15, 0.2) is 0 Å². The van der Waals surface area contributed by atoms with E-state index < -0.39 is 4.92 Å². The Balaban J connectivity index is 1.85. The lowest BCUT2D eigenvalue weighted by Crippen LogP contribution is -2.07. The molecule has 0 aliphatic carbocycles. The van der Waals surface area contributed by atoms with Crippen LogP contribution < -0.4 is 5.32 Å². The van der Waals surface area contributed by atoms with Crippen molar-refractivity contribution in [3.05, 3.63) is 75.3 Å². The molecule has 0 atom stereocenters. The van der Waals surface area contributed by atoms with Gasteiger partial charge in [-0.15, -0.1) is 0 Å². The number of nitrogens with one attached hydrogen (secondary N) is 1. The first-order valence-corrected chi connectivity index (χ1v) is 8.44. The standard InChI is InChI=1S/C17H10Cl2N6O2/c18-11-6-5-10(7-12(11)19)23-16-15(25(26)27)17(21-8-20-16)24-9-22-13-3-1-2-4-14(13)24/h1-9H,(H,20,21,23). The van der Waals surface area contributed by atoms with E-state index in [2.05, 4.69) is 20.3 Å². The fraction of sp³-hybridized carbons (Fsp3) is 0. The SMILES string of the molecule is O=[N+]([O-])c1c(Nc2ccc(Cl)c(Cl)c2)ncnc1-n1cnc2ccccc21. The van der Waals surface area contributed by atoms with Gasteiger partial charge in [0.05, 0.1) is 26.0 Å². The Labute approximate surface area is 162 Å². The molecule has 27 heavy (non-hydrogen) atoms. The predicted molar refractivity (Wildman–Crippen MR) is 103 cm³/mol. The van der Waals surface area contributed by atoms with Crippen molar-refractivity contribution >= 4 is 51.4 Å². The van der Waals surface area contributed by atoms with Crippen LogP contribution in [0, 0.1) is 10.1 Å². The molecular weight excluding hydrogens is 391 g/mol. The van der Waals surface area contributed by atoms with Gasteiger partial charge in [-0.25, -0.2) is 15.0 Å². The number of nitro groups is 1. The zero-order valence-corrected chi connectivity index (χ0v) is 15.0. The van der Waals surface area contributed by atoms with Gasteiger partial charge < -0.3 is 5.32 Å². The number of nitrogens with zero attached hydrogens (tertiary/aromatic N) is 5. The molecule has 0 aliphatic rings. The van der Waals surface area contributed by atoms with E-state index in [-0.39, 0.29) is 17.3 Å². The molecule has 0 saturated heterocycles. The first-order chi connectivity index (χ1) is 13.0. The quantitative estimate of drug-likeness (QED) is 0.391. The second-order valence-corrected chi connectivity index (χ2v) is 6.32. The lowest BCUT2D eigenvalue weighted by molar-refractivity contribution is -0.384. The average molecular weight is 401 g/mol. The molecule has 0 bridgehead atoms. The Hall–Kier alpha value is -3.23. The highest BCUT2D eigenvalue weighted by Gasteiger charge is 2.25. The van der Waals surface area contributed by atoms with Gasteiger partial charge in [0, 0.05) is 5.69 Å². The van der Waals surface area contributed by atoms with Crippen LogP contribution in [0.25, 0.3) is 16.9 Å². The third-order valence-electron chi connectivity index (χ3n) is 3.85. The largest absolute Gasteiger partial charge is 0.354 e. The maximum absolute atomic E-state index is 11.8. The molecule has 4 aromatic rings. The summed E-state index contributed by atoms with van der Waals surface area (Å²) in [5.41, 5.74) is 1.61. The normalized spacial score (nSPS) is 10.9. The third kappa shape index (κ3) is 3.16. The molecule has 2 heterocycles. The van der Waals surface area contributed by atoms with Crippen molar-refractivity contribution in [3.8, 4) is 5.82 Å². The molecule has 10 heteroatoms. The monoisotopic (exact) mass is 400 g/mol. The molecule has 0 amide bonds. The summed E-state index contributed by atoms with van der Waals surface area (Å²) >= 11 is 11.9. The average Bonchev–Trinajstić information content (AvgIpc) is 3.08. The van der Waals surface area contributed by atoms with Gasteiger partial charge in [-0.2, -0.15) is 0 Å². The summed E-state index contributed by atoms with van der Waals surface area (Å²) in [5.74, 6) is 0.132.